The molecule has 1 atom stereocenters. The largest absolute Gasteiger partial charge is 0.479 e. The molecule has 0 spiro atoms. The normalized spacial score (nSPS) is 16.6. The average molecular weight is 235 g/mol. The number of carboxylic acid groups (broad SMARTS) is 1. The fourth-order valence-electron chi connectivity index (χ4n) is 1.99. The second kappa shape index (κ2) is 4.18. The molecule has 17 heavy (non-hydrogen) atoms. The van der Waals surface area contributed by atoms with E-state index in [1.54, 1.807) is 24.1 Å². The number of carbonyl (C=O) groups excluding carboxylic acids is 1. The van der Waals surface area contributed by atoms with Crippen LogP contribution in [0.2, 0.25) is 0 Å². The van der Waals surface area contributed by atoms with Gasteiger partial charge in [-0.05, 0) is 23.6 Å². The SMILES string of the molecule is CN1C(=O)CCc2cc(C(O)C(=O)O)ccc21. The summed E-state index contributed by atoms with van der Waals surface area (Å²) >= 11 is 0. The molecule has 0 saturated heterocycles. The quantitative estimate of drug-likeness (QED) is 0.791. The summed E-state index contributed by atoms with van der Waals surface area (Å²) < 4.78 is 0. The van der Waals surface area contributed by atoms with Crippen molar-refractivity contribution in [1.82, 2.24) is 0 Å². The molecule has 5 nitrogen and oxygen atoms in total. The zero-order valence-corrected chi connectivity index (χ0v) is 9.38. The Morgan fingerprint density at radius 3 is 2.76 bits per heavy atom. The van der Waals surface area contributed by atoms with Crippen LogP contribution in [0.1, 0.15) is 23.7 Å². The third kappa shape index (κ3) is 2.01. The van der Waals surface area contributed by atoms with Gasteiger partial charge in [0.2, 0.25) is 5.91 Å². The van der Waals surface area contributed by atoms with Crippen molar-refractivity contribution in [3.05, 3.63) is 29.3 Å². The van der Waals surface area contributed by atoms with Crippen molar-refractivity contribution >= 4 is 17.6 Å². The highest BCUT2D eigenvalue weighted by Gasteiger charge is 2.23. The van der Waals surface area contributed by atoms with Gasteiger partial charge in [-0.2, -0.15) is 0 Å². The molecular formula is C12H13NO4. The maximum absolute atomic E-state index is 11.5. The lowest BCUT2D eigenvalue weighted by atomic mass is 9.97. The highest BCUT2D eigenvalue weighted by molar-refractivity contribution is 5.96. The number of hydrogen-bond acceptors (Lipinski definition) is 3. The van der Waals surface area contributed by atoms with Crippen molar-refractivity contribution < 1.29 is 19.8 Å². The van der Waals surface area contributed by atoms with E-state index in [0.717, 1.165) is 11.3 Å². The minimum atomic E-state index is -1.51. The van der Waals surface area contributed by atoms with Gasteiger partial charge in [0.25, 0.3) is 0 Å². The van der Waals surface area contributed by atoms with Crippen LogP contribution >= 0.6 is 0 Å². The van der Waals surface area contributed by atoms with Crippen molar-refractivity contribution in [3.63, 3.8) is 0 Å². The van der Waals surface area contributed by atoms with E-state index in [-0.39, 0.29) is 5.91 Å². The van der Waals surface area contributed by atoms with Crippen LogP contribution in [0.15, 0.2) is 18.2 Å². The second-order valence-electron chi connectivity index (χ2n) is 4.08. The summed E-state index contributed by atoms with van der Waals surface area (Å²) in [7, 11) is 1.69. The van der Waals surface area contributed by atoms with Gasteiger partial charge in [-0.1, -0.05) is 12.1 Å². The molecule has 0 bridgehead atoms. The minimum absolute atomic E-state index is 0.0454. The number of carboxylic acids is 1. The van der Waals surface area contributed by atoms with Crippen molar-refractivity contribution in [2.24, 2.45) is 0 Å². The van der Waals surface area contributed by atoms with Gasteiger partial charge < -0.3 is 15.1 Å². The highest BCUT2D eigenvalue weighted by atomic mass is 16.4. The van der Waals surface area contributed by atoms with E-state index >= 15 is 0 Å². The van der Waals surface area contributed by atoms with Gasteiger partial charge in [-0.15, -0.1) is 0 Å². The fourth-order valence-corrected chi connectivity index (χ4v) is 1.99. The molecule has 1 aliphatic heterocycles. The number of nitrogens with zero attached hydrogens (tertiary/aromatic N) is 1. The molecular weight excluding hydrogens is 222 g/mol. The Morgan fingerprint density at radius 1 is 1.41 bits per heavy atom. The van der Waals surface area contributed by atoms with Crippen LogP contribution in [-0.4, -0.2) is 29.1 Å². The van der Waals surface area contributed by atoms with Crippen LogP contribution in [0.5, 0.6) is 0 Å². The fraction of sp³-hybridized carbons (Fsp3) is 0.333. The molecule has 0 aliphatic carbocycles. The van der Waals surface area contributed by atoms with Crippen molar-refractivity contribution in [2.45, 2.75) is 18.9 Å². The molecule has 0 fully saturated rings. The molecule has 90 valence electrons. The van der Waals surface area contributed by atoms with Crippen LogP contribution in [0.4, 0.5) is 5.69 Å². The van der Waals surface area contributed by atoms with Gasteiger partial charge in [0.1, 0.15) is 0 Å². The van der Waals surface area contributed by atoms with Crippen molar-refractivity contribution in [1.29, 1.82) is 0 Å². The molecule has 2 N–H and O–H groups in total. The van der Waals surface area contributed by atoms with Crippen LogP contribution in [-0.2, 0) is 16.0 Å². The van der Waals surface area contributed by atoms with Gasteiger partial charge in [0, 0.05) is 19.2 Å². The summed E-state index contributed by atoms with van der Waals surface area (Å²) in [6.45, 7) is 0. The molecule has 2 rings (SSSR count). The number of aliphatic hydroxyl groups excluding tert-OH is 1. The molecule has 1 aliphatic rings. The Balaban J connectivity index is 2.39. The number of fused-ring (bicyclic) bond motifs is 1. The third-order valence-electron chi connectivity index (χ3n) is 3.00. The van der Waals surface area contributed by atoms with E-state index in [1.165, 1.54) is 6.07 Å². The average Bonchev–Trinajstić information content (AvgIpc) is 2.32. The number of aliphatic hydroxyl groups is 1. The van der Waals surface area contributed by atoms with E-state index in [2.05, 4.69) is 0 Å². The molecule has 1 aromatic carbocycles. The predicted molar refractivity (Wildman–Crippen MR) is 60.8 cm³/mol. The monoisotopic (exact) mass is 235 g/mol. The first-order chi connectivity index (χ1) is 8.00. The first-order valence-corrected chi connectivity index (χ1v) is 5.31. The summed E-state index contributed by atoms with van der Waals surface area (Å²) in [5.41, 5.74) is 2.02. The molecule has 1 amide bonds. The zero-order valence-electron chi connectivity index (χ0n) is 9.38. The first-order valence-electron chi connectivity index (χ1n) is 5.31. The minimum Gasteiger partial charge on any atom is -0.479 e. The standard InChI is InChI=1S/C12H13NO4/c1-13-9-4-2-8(11(15)12(16)17)6-7(9)3-5-10(13)14/h2,4,6,11,15H,3,5H2,1H3,(H,16,17). The summed E-state index contributed by atoms with van der Waals surface area (Å²) in [4.78, 5) is 23.7. The number of hydrogen-bond donors (Lipinski definition) is 2. The van der Waals surface area contributed by atoms with Crippen LogP contribution in [0, 0.1) is 0 Å². The Bertz CT molecular complexity index is 483. The molecule has 1 unspecified atom stereocenters. The van der Waals surface area contributed by atoms with Gasteiger partial charge in [0.05, 0.1) is 0 Å². The first kappa shape index (κ1) is 11.6. The van der Waals surface area contributed by atoms with Crippen LogP contribution in [0.25, 0.3) is 0 Å². The number of rotatable bonds is 2. The van der Waals surface area contributed by atoms with Gasteiger partial charge >= 0.3 is 5.97 Å². The Labute approximate surface area is 98.3 Å². The molecule has 0 radical (unpaired) electrons. The van der Waals surface area contributed by atoms with Crippen LogP contribution in [0.3, 0.4) is 0 Å². The van der Waals surface area contributed by atoms with Gasteiger partial charge in [-0.25, -0.2) is 4.79 Å². The second-order valence-corrected chi connectivity index (χ2v) is 4.08. The third-order valence-corrected chi connectivity index (χ3v) is 3.00. The van der Waals surface area contributed by atoms with Crippen molar-refractivity contribution in [2.75, 3.05) is 11.9 Å². The van der Waals surface area contributed by atoms with E-state index in [1.807, 2.05) is 0 Å². The number of amides is 1. The highest BCUT2D eigenvalue weighted by Crippen LogP contribution is 2.29. The molecule has 0 aromatic heterocycles. The number of benzene rings is 1. The van der Waals surface area contributed by atoms with E-state index in [9.17, 15) is 14.7 Å². The van der Waals surface area contributed by atoms with E-state index < -0.39 is 12.1 Å². The van der Waals surface area contributed by atoms with E-state index in [4.69, 9.17) is 5.11 Å². The lowest BCUT2D eigenvalue weighted by Gasteiger charge is -2.26. The lowest BCUT2D eigenvalue weighted by Crippen LogP contribution is -2.31. The zero-order chi connectivity index (χ0) is 12.6. The maximum atomic E-state index is 11.5. The molecule has 1 aromatic rings. The predicted octanol–water partition coefficient (Wildman–Crippen LogP) is 0.714. The summed E-state index contributed by atoms with van der Waals surface area (Å²) in [5.74, 6) is -1.23. The maximum Gasteiger partial charge on any atom is 0.337 e. The molecule has 5 heteroatoms. The lowest BCUT2D eigenvalue weighted by molar-refractivity contribution is -0.147. The van der Waals surface area contributed by atoms with Gasteiger partial charge in [-0.3, -0.25) is 4.79 Å². The number of aliphatic carboxylic acids is 1. The summed E-state index contributed by atoms with van der Waals surface area (Å²) in [6, 6.07) is 4.86. The topological polar surface area (TPSA) is 77.8 Å². The molecule has 1 heterocycles. The number of carbonyl (C=O) groups is 2. The van der Waals surface area contributed by atoms with Crippen LogP contribution < -0.4 is 4.90 Å². The molecule has 0 saturated carbocycles. The Morgan fingerprint density at radius 2 is 2.12 bits per heavy atom. The summed E-state index contributed by atoms with van der Waals surface area (Å²) in [5, 5.41) is 18.2. The number of aryl methyl sites for hydroxylation is 1. The smallest absolute Gasteiger partial charge is 0.337 e. The summed E-state index contributed by atoms with van der Waals surface area (Å²) in [6.07, 6.45) is -0.516. The van der Waals surface area contributed by atoms with Gasteiger partial charge in [0.15, 0.2) is 6.10 Å². The Hall–Kier alpha value is -1.88. The van der Waals surface area contributed by atoms with E-state index in [0.29, 0.717) is 18.4 Å². The number of anilines is 1. The Kier molecular flexibility index (Phi) is 2.85. The van der Waals surface area contributed by atoms with Crippen molar-refractivity contribution in [3.8, 4) is 0 Å².